The van der Waals surface area contributed by atoms with Crippen molar-refractivity contribution >= 4 is 47.4 Å². The number of halogens is 1. The van der Waals surface area contributed by atoms with Gasteiger partial charge < -0.3 is 0 Å². The lowest BCUT2D eigenvalue weighted by Gasteiger charge is -2.10. The minimum atomic E-state index is -5.12. The summed E-state index contributed by atoms with van der Waals surface area (Å²) in [6.07, 6.45) is 0. The Morgan fingerprint density at radius 3 is 1.76 bits per heavy atom. The van der Waals surface area contributed by atoms with Crippen LogP contribution in [0, 0.1) is 0 Å². The normalized spacial score (nSPS) is 13.3. The van der Waals surface area contributed by atoms with E-state index in [2.05, 4.69) is 0 Å². The molecule has 0 heterocycles. The zero-order valence-corrected chi connectivity index (χ0v) is 13.2. The topological polar surface area (TPSA) is 167 Å². The zero-order valence-electron chi connectivity index (χ0n) is 10.0. The van der Waals surface area contributed by atoms with Gasteiger partial charge in [0.1, 0.15) is 9.79 Å². The second-order valence-electron chi connectivity index (χ2n) is 3.75. The number of nitrogens with one attached hydrogen (secondary N) is 1. The molecule has 0 saturated carbocycles. The average Bonchev–Trinajstić information content (AvgIpc) is 2.25. The number of alkyl halides is 1. The van der Waals surface area contributed by atoms with Crippen LogP contribution in [0.5, 0.6) is 0 Å². The van der Waals surface area contributed by atoms with Gasteiger partial charge in [0.05, 0.1) is 16.3 Å². The van der Waals surface area contributed by atoms with Crippen molar-refractivity contribution in [1.29, 1.82) is 0 Å². The van der Waals surface area contributed by atoms with Gasteiger partial charge in [-0.05, 0) is 12.1 Å². The Bertz CT molecular complexity index is 872. The highest BCUT2D eigenvalue weighted by Crippen LogP contribution is 2.31. The largest absolute Gasteiger partial charge is 0.299 e. The van der Waals surface area contributed by atoms with E-state index in [-0.39, 0.29) is 11.9 Å². The third-order valence-electron chi connectivity index (χ3n) is 2.28. The van der Waals surface area contributed by atoms with E-state index < -0.39 is 56.2 Å². The van der Waals surface area contributed by atoms with E-state index in [9.17, 15) is 25.3 Å². The minimum absolute atomic E-state index is 0.202. The number of rotatable bonds is 5. The van der Waals surface area contributed by atoms with Gasteiger partial charge in [0, 0.05) is 5.88 Å². The standard InChI is InChI=1S/C8H9ClNO8S3/c9-1-2-19(11,12)7-3-5(10)6(20(13,14)15)4-8(7)21(16,17)18/h3-4,10H,1-2H2,(H,13,14,15)(H,16,17,18). The predicted molar refractivity (Wildman–Crippen MR) is 71.6 cm³/mol. The van der Waals surface area contributed by atoms with E-state index in [0.29, 0.717) is 6.07 Å². The van der Waals surface area contributed by atoms with Gasteiger partial charge in [-0.3, -0.25) is 14.8 Å². The molecule has 0 unspecified atom stereocenters. The first-order valence-electron chi connectivity index (χ1n) is 4.94. The molecule has 3 N–H and O–H groups in total. The van der Waals surface area contributed by atoms with Gasteiger partial charge in [-0.15, -0.1) is 11.6 Å². The van der Waals surface area contributed by atoms with Crippen molar-refractivity contribution in [2.75, 3.05) is 11.6 Å². The van der Waals surface area contributed by atoms with Crippen molar-refractivity contribution < 1.29 is 34.4 Å². The first-order valence-corrected chi connectivity index (χ1v) is 10.0. The smallest absolute Gasteiger partial charge is 0.296 e. The molecule has 21 heavy (non-hydrogen) atoms. The maximum absolute atomic E-state index is 11.9. The van der Waals surface area contributed by atoms with Gasteiger partial charge in [-0.2, -0.15) is 16.8 Å². The van der Waals surface area contributed by atoms with E-state index >= 15 is 0 Å². The molecule has 0 fully saturated rings. The van der Waals surface area contributed by atoms with Crippen LogP contribution in [0.3, 0.4) is 0 Å². The van der Waals surface area contributed by atoms with E-state index in [1.165, 1.54) is 0 Å². The maximum Gasteiger partial charge on any atom is 0.296 e. The molecule has 0 bridgehead atoms. The Balaban J connectivity index is 3.89. The van der Waals surface area contributed by atoms with Crippen molar-refractivity contribution in [2.45, 2.75) is 14.7 Å². The van der Waals surface area contributed by atoms with Crippen LogP contribution in [0.15, 0.2) is 26.8 Å². The van der Waals surface area contributed by atoms with Gasteiger partial charge in [0.15, 0.2) is 9.84 Å². The number of benzene rings is 1. The second kappa shape index (κ2) is 5.70. The molecule has 0 aliphatic carbocycles. The minimum Gasteiger partial charge on any atom is -0.299 e. The van der Waals surface area contributed by atoms with E-state index in [0.717, 1.165) is 0 Å². The summed E-state index contributed by atoms with van der Waals surface area (Å²) in [6, 6.07) is 0.613. The summed E-state index contributed by atoms with van der Waals surface area (Å²) < 4.78 is 86.0. The Morgan fingerprint density at radius 2 is 1.38 bits per heavy atom. The van der Waals surface area contributed by atoms with Crippen molar-refractivity contribution in [2.24, 2.45) is 0 Å². The van der Waals surface area contributed by atoms with Crippen LogP contribution in [0.2, 0.25) is 0 Å². The van der Waals surface area contributed by atoms with Crippen molar-refractivity contribution in [3.63, 3.8) is 0 Å². The molecule has 0 amide bonds. The van der Waals surface area contributed by atoms with Gasteiger partial charge in [0.2, 0.25) is 0 Å². The SMILES string of the molecule is [NH]c1cc(S(=O)(=O)CCCl)c(S(=O)(=O)O)cc1S(=O)(=O)O. The zero-order chi connectivity index (χ0) is 16.6. The molecule has 9 nitrogen and oxygen atoms in total. The molecule has 13 heteroatoms. The number of sulfone groups is 1. The summed E-state index contributed by atoms with van der Waals surface area (Å²) in [6.45, 7) is 0. The molecule has 1 radical (unpaired) electrons. The van der Waals surface area contributed by atoms with E-state index in [1.54, 1.807) is 0 Å². The molecule has 0 aromatic heterocycles. The number of hydrogen-bond donors (Lipinski definition) is 2. The van der Waals surface area contributed by atoms with Crippen molar-refractivity contribution in [1.82, 2.24) is 5.73 Å². The molecule has 0 spiro atoms. The summed E-state index contributed by atoms with van der Waals surface area (Å²) in [5.41, 5.74) is 6.42. The van der Waals surface area contributed by atoms with Gasteiger partial charge >= 0.3 is 0 Å². The van der Waals surface area contributed by atoms with Crippen LogP contribution in [0.1, 0.15) is 0 Å². The summed E-state index contributed by atoms with van der Waals surface area (Å²) >= 11 is 5.27. The summed E-state index contributed by atoms with van der Waals surface area (Å²) in [5.74, 6) is -1.08. The molecule has 119 valence electrons. The third kappa shape index (κ3) is 4.05. The Kier molecular flexibility index (Phi) is 4.92. The predicted octanol–water partition coefficient (Wildman–Crippen LogP) is 0.107. The van der Waals surface area contributed by atoms with Crippen LogP contribution < -0.4 is 5.73 Å². The molecule has 0 saturated heterocycles. The molecule has 1 aromatic rings. The highest BCUT2D eigenvalue weighted by Gasteiger charge is 2.29. The lowest BCUT2D eigenvalue weighted by molar-refractivity contribution is 0.478. The second-order valence-corrected chi connectivity index (χ2v) is 8.99. The van der Waals surface area contributed by atoms with Crippen molar-refractivity contribution in [3.8, 4) is 0 Å². The lowest BCUT2D eigenvalue weighted by atomic mass is 10.3. The molecule has 0 aliphatic heterocycles. The summed E-state index contributed by atoms with van der Waals surface area (Å²) in [7, 11) is -14.4. The van der Waals surface area contributed by atoms with Gasteiger partial charge in [0.25, 0.3) is 20.2 Å². The quantitative estimate of drug-likeness (QED) is 0.537. The molecular weight excluding hydrogens is 370 g/mol. The first kappa shape index (κ1) is 18.1. The molecule has 1 rings (SSSR count). The molecule has 1 aromatic carbocycles. The highest BCUT2D eigenvalue weighted by atomic mass is 35.5. The van der Waals surface area contributed by atoms with Crippen molar-refractivity contribution in [3.05, 3.63) is 12.1 Å². The third-order valence-corrected chi connectivity index (χ3v) is 6.36. The fourth-order valence-electron chi connectivity index (χ4n) is 1.41. The Hall–Kier alpha value is -0.920. The average molecular weight is 379 g/mol. The fourth-order valence-corrected chi connectivity index (χ4v) is 5.06. The maximum atomic E-state index is 11.9. The molecule has 0 atom stereocenters. The monoisotopic (exact) mass is 378 g/mol. The Morgan fingerprint density at radius 1 is 0.905 bits per heavy atom. The van der Waals surface area contributed by atoms with Crippen LogP contribution in [0.4, 0.5) is 5.69 Å². The number of hydrogen-bond acceptors (Lipinski definition) is 6. The molecular formula is C8H9ClNO8S3. The highest BCUT2D eigenvalue weighted by molar-refractivity contribution is 7.93. The molecule has 0 aliphatic rings. The fraction of sp³-hybridized carbons (Fsp3) is 0.250. The van der Waals surface area contributed by atoms with Crippen LogP contribution in [-0.4, -0.2) is 46.0 Å². The van der Waals surface area contributed by atoms with Gasteiger partial charge in [-0.1, -0.05) is 0 Å². The van der Waals surface area contributed by atoms with Crippen LogP contribution in [-0.2, 0) is 30.1 Å². The summed E-state index contributed by atoms with van der Waals surface area (Å²) in [4.78, 5) is -3.38. The Labute approximate surface area is 126 Å². The van der Waals surface area contributed by atoms with Crippen LogP contribution >= 0.6 is 11.6 Å². The summed E-state index contributed by atoms with van der Waals surface area (Å²) in [5, 5.41) is 0. The first-order chi connectivity index (χ1) is 9.30. The van der Waals surface area contributed by atoms with Crippen LogP contribution in [0.25, 0.3) is 0 Å². The van der Waals surface area contributed by atoms with Gasteiger partial charge in [-0.25, -0.2) is 8.42 Å². The van der Waals surface area contributed by atoms with E-state index in [4.69, 9.17) is 26.4 Å². The lowest BCUT2D eigenvalue weighted by Crippen LogP contribution is -2.15. The van der Waals surface area contributed by atoms with E-state index in [1.807, 2.05) is 0 Å².